The maximum absolute atomic E-state index is 13.8. The van der Waals surface area contributed by atoms with Gasteiger partial charge in [0.25, 0.3) is 5.22 Å². The Hall–Kier alpha value is -3.86. The first-order valence-electron chi connectivity index (χ1n) is 12.3. The van der Waals surface area contributed by atoms with Crippen LogP contribution in [0, 0.1) is 0 Å². The summed E-state index contributed by atoms with van der Waals surface area (Å²) in [4.78, 5) is 28.1. The number of β-lactam (4-membered cyclic amide) rings is 1. The van der Waals surface area contributed by atoms with Crippen molar-refractivity contribution in [3.05, 3.63) is 113 Å². The number of amides is 1. The Kier molecular flexibility index (Phi) is 7.23. The summed E-state index contributed by atoms with van der Waals surface area (Å²) in [6, 6.07) is 28.0. The first-order chi connectivity index (χ1) is 19.1. The third-order valence-corrected chi connectivity index (χ3v) is 8.77. The minimum absolute atomic E-state index is 0.248. The standard InChI is InChI=1S/C29H24N4O4S2/c30-22-26(34)33-23(28(35)36-24(18-10-4-1-5-11-18)19-12-6-2-7-13-19)21(16-38-27(22)33)17-39-29-32-31-25(37-29)20-14-8-3-9-15-20/h1-15,22,24,27H,16-17,30H2/t22-,27+/m1/s1. The molecule has 2 aliphatic rings. The summed E-state index contributed by atoms with van der Waals surface area (Å²) < 4.78 is 12.0. The number of hydrogen-bond donors (Lipinski definition) is 1. The first kappa shape index (κ1) is 25.4. The lowest BCUT2D eigenvalue weighted by atomic mass is 10.0. The Labute approximate surface area is 233 Å². The van der Waals surface area contributed by atoms with Crippen LogP contribution in [0.2, 0.25) is 0 Å². The first-order valence-corrected chi connectivity index (χ1v) is 14.4. The maximum Gasteiger partial charge on any atom is 0.356 e. The molecule has 1 aromatic heterocycles. The predicted molar refractivity (Wildman–Crippen MR) is 149 cm³/mol. The monoisotopic (exact) mass is 556 g/mol. The molecule has 4 aromatic rings. The minimum Gasteiger partial charge on any atom is -0.448 e. The maximum atomic E-state index is 13.8. The van der Waals surface area contributed by atoms with Crippen molar-refractivity contribution in [2.45, 2.75) is 22.7 Å². The summed E-state index contributed by atoms with van der Waals surface area (Å²) in [6.45, 7) is 0. The van der Waals surface area contributed by atoms with Crippen molar-refractivity contribution in [3.8, 4) is 11.5 Å². The number of hydrogen-bond acceptors (Lipinski definition) is 9. The number of carbonyl (C=O) groups is 2. The van der Waals surface area contributed by atoms with Gasteiger partial charge in [-0.15, -0.1) is 22.0 Å². The number of esters is 1. The van der Waals surface area contributed by atoms with Crippen LogP contribution in [0.4, 0.5) is 0 Å². The van der Waals surface area contributed by atoms with E-state index in [1.165, 1.54) is 28.4 Å². The van der Waals surface area contributed by atoms with Crippen molar-refractivity contribution in [1.29, 1.82) is 0 Å². The number of fused-ring (bicyclic) bond motifs is 1. The molecule has 1 saturated heterocycles. The highest BCUT2D eigenvalue weighted by molar-refractivity contribution is 8.01. The molecule has 2 N–H and O–H groups in total. The van der Waals surface area contributed by atoms with Crippen LogP contribution in [-0.2, 0) is 14.3 Å². The highest BCUT2D eigenvalue weighted by atomic mass is 32.2. The topological polar surface area (TPSA) is 112 Å². The van der Waals surface area contributed by atoms with Crippen LogP contribution in [0.25, 0.3) is 11.5 Å². The van der Waals surface area contributed by atoms with Gasteiger partial charge in [0.15, 0.2) is 6.10 Å². The second-order valence-corrected chi connectivity index (χ2v) is 11.1. The second-order valence-electron chi connectivity index (χ2n) is 9.02. The lowest BCUT2D eigenvalue weighted by molar-refractivity contribution is -0.153. The van der Waals surface area contributed by atoms with Gasteiger partial charge in [-0.3, -0.25) is 9.69 Å². The fourth-order valence-electron chi connectivity index (χ4n) is 4.54. The van der Waals surface area contributed by atoms with E-state index in [1.54, 1.807) is 0 Å². The van der Waals surface area contributed by atoms with Crippen LogP contribution in [-0.4, -0.2) is 49.9 Å². The van der Waals surface area contributed by atoms with Gasteiger partial charge in [0.1, 0.15) is 17.1 Å². The van der Waals surface area contributed by atoms with Crippen molar-refractivity contribution >= 4 is 35.4 Å². The zero-order chi connectivity index (χ0) is 26.8. The van der Waals surface area contributed by atoms with E-state index in [1.807, 2.05) is 91.0 Å². The second kappa shape index (κ2) is 11.1. The molecule has 0 saturated carbocycles. The lowest BCUT2D eigenvalue weighted by Gasteiger charge is -2.48. The van der Waals surface area contributed by atoms with Crippen molar-refractivity contribution in [3.63, 3.8) is 0 Å². The zero-order valence-electron chi connectivity index (χ0n) is 20.7. The van der Waals surface area contributed by atoms with Crippen molar-refractivity contribution in [2.24, 2.45) is 5.73 Å². The molecule has 3 aromatic carbocycles. The summed E-state index contributed by atoms with van der Waals surface area (Å²) in [5, 5.41) is 8.37. The number of rotatable bonds is 8. The third-order valence-electron chi connectivity index (χ3n) is 6.51. The molecule has 39 heavy (non-hydrogen) atoms. The molecular formula is C29H24N4O4S2. The number of ether oxygens (including phenoxy) is 1. The molecule has 8 nitrogen and oxygen atoms in total. The van der Waals surface area contributed by atoms with Gasteiger partial charge in [-0.2, -0.15) is 0 Å². The summed E-state index contributed by atoms with van der Waals surface area (Å²) in [7, 11) is 0. The fraction of sp³-hybridized carbons (Fsp3) is 0.172. The number of carbonyl (C=O) groups excluding carboxylic acids is 2. The lowest BCUT2D eigenvalue weighted by Crippen LogP contribution is -2.68. The Morgan fingerprint density at radius 2 is 1.62 bits per heavy atom. The number of aromatic nitrogens is 2. The quantitative estimate of drug-likeness (QED) is 0.188. The largest absolute Gasteiger partial charge is 0.448 e. The minimum atomic E-state index is -0.643. The number of thioether (sulfide) groups is 2. The van der Waals surface area contributed by atoms with Gasteiger partial charge in [-0.05, 0) is 28.8 Å². The number of nitrogens with two attached hydrogens (primary N) is 1. The molecule has 6 rings (SSSR count). The van der Waals surface area contributed by atoms with Crippen molar-refractivity contribution < 1.29 is 18.7 Å². The SMILES string of the molecule is N[C@@H]1C(=O)N2C(C(=O)OC(c3ccccc3)c3ccccc3)=C(CSc3nnc(-c4ccccc4)o3)CS[C@@H]12. The van der Waals surface area contributed by atoms with E-state index in [9.17, 15) is 9.59 Å². The van der Waals surface area contributed by atoms with E-state index < -0.39 is 18.1 Å². The molecule has 0 unspecified atom stereocenters. The van der Waals surface area contributed by atoms with E-state index in [2.05, 4.69) is 10.2 Å². The van der Waals surface area contributed by atoms with Crippen LogP contribution in [0.5, 0.6) is 0 Å². The van der Waals surface area contributed by atoms with Gasteiger partial charge in [0.2, 0.25) is 11.8 Å². The number of nitrogens with zero attached hydrogens (tertiary/aromatic N) is 3. The molecule has 2 atom stereocenters. The Morgan fingerprint density at radius 1 is 1.00 bits per heavy atom. The van der Waals surface area contributed by atoms with E-state index in [0.29, 0.717) is 22.6 Å². The van der Waals surface area contributed by atoms with E-state index in [-0.39, 0.29) is 17.0 Å². The summed E-state index contributed by atoms with van der Waals surface area (Å²) >= 11 is 2.85. The molecule has 1 amide bonds. The highest BCUT2D eigenvalue weighted by Crippen LogP contribution is 2.42. The van der Waals surface area contributed by atoms with Gasteiger partial charge in [0.05, 0.1) is 0 Å². The molecule has 0 spiro atoms. The van der Waals surface area contributed by atoms with E-state index in [0.717, 1.165) is 22.3 Å². The van der Waals surface area contributed by atoms with Crippen LogP contribution >= 0.6 is 23.5 Å². The van der Waals surface area contributed by atoms with Crippen LogP contribution in [0.1, 0.15) is 17.2 Å². The normalized spacial score (nSPS) is 18.6. The van der Waals surface area contributed by atoms with Crippen molar-refractivity contribution in [1.82, 2.24) is 15.1 Å². The van der Waals surface area contributed by atoms with E-state index in [4.69, 9.17) is 14.9 Å². The Bertz CT molecular complexity index is 1470. The Morgan fingerprint density at radius 3 is 2.26 bits per heavy atom. The van der Waals surface area contributed by atoms with Crippen molar-refractivity contribution in [2.75, 3.05) is 11.5 Å². The molecule has 0 aliphatic carbocycles. The van der Waals surface area contributed by atoms with Crippen LogP contribution in [0.15, 0.2) is 112 Å². The van der Waals surface area contributed by atoms with Crippen LogP contribution in [0.3, 0.4) is 0 Å². The smallest absolute Gasteiger partial charge is 0.356 e. The average molecular weight is 557 g/mol. The molecule has 3 heterocycles. The fourth-order valence-corrected chi connectivity index (χ4v) is 6.74. The molecule has 1 fully saturated rings. The highest BCUT2D eigenvalue weighted by Gasteiger charge is 2.52. The summed E-state index contributed by atoms with van der Waals surface area (Å²) in [6.07, 6.45) is -0.635. The third kappa shape index (κ3) is 5.10. The van der Waals surface area contributed by atoms with Gasteiger partial charge < -0.3 is 14.9 Å². The van der Waals surface area contributed by atoms with Crippen LogP contribution < -0.4 is 5.73 Å². The zero-order valence-corrected chi connectivity index (χ0v) is 22.3. The molecule has 196 valence electrons. The van der Waals surface area contributed by atoms with Gasteiger partial charge in [-0.1, -0.05) is 90.6 Å². The predicted octanol–water partition coefficient (Wildman–Crippen LogP) is 4.66. The summed E-state index contributed by atoms with van der Waals surface area (Å²) in [5.41, 5.74) is 9.56. The molecular weight excluding hydrogens is 532 g/mol. The average Bonchev–Trinajstić information content (AvgIpc) is 3.48. The van der Waals surface area contributed by atoms with Gasteiger partial charge in [0, 0.05) is 17.1 Å². The van der Waals surface area contributed by atoms with Gasteiger partial charge in [-0.25, -0.2) is 4.79 Å². The number of benzene rings is 3. The molecule has 10 heteroatoms. The molecule has 2 aliphatic heterocycles. The Balaban J connectivity index is 1.28. The molecule has 0 radical (unpaired) electrons. The van der Waals surface area contributed by atoms with E-state index >= 15 is 0 Å². The summed E-state index contributed by atoms with van der Waals surface area (Å²) in [5.74, 6) is 0.468. The van der Waals surface area contributed by atoms with Gasteiger partial charge >= 0.3 is 5.97 Å². The molecule has 0 bridgehead atoms.